The lowest BCUT2D eigenvalue weighted by Gasteiger charge is -2.28. The van der Waals surface area contributed by atoms with Crippen molar-refractivity contribution in [3.05, 3.63) is 35.4 Å². The molecule has 1 nitrogen and oxygen atoms in total. The Kier molecular flexibility index (Phi) is 3.19. The molecule has 3 rings (SSSR count). The van der Waals surface area contributed by atoms with Crippen LogP contribution in [0.4, 0.5) is 0 Å². The van der Waals surface area contributed by atoms with Crippen molar-refractivity contribution in [1.29, 1.82) is 0 Å². The quantitative estimate of drug-likeness (QED) is 0.839. The van der Waals surface area contributed by atoms with Crippen molar-refractivity contribution < 1.29 is 0 Å². The van der Waals surface area contributed by atoms with Crippen molar-refractivity contribution in [2.24, 2.45) is 11.8 Å². The van der Waals surface area contributed by atoms with Crippen LogP contribution < -0.4 is 5.32 Å². The highest BCUT2D eigenvalue weighted by Gasteiger charge is 2.33. The monoisotopic (exact) mass is 229 g/mol. The molecule has 1 aromatic carbocycles. The van der Waals surface area contributed by atoms with Crippen LogP contribution in [0.2, 0.25) is 0 Å². The Labute approximate surface area is 105 Å². The summed E-state index contributed by atoms with van der Waals surface area (Å²) in [6, 6.07) is 9.74. The predicted octanol–water partition coefficient (Wildman–Crippen LogP) is 3.18. The van der Waals surface area contributed by atoms with Crippen LogP contribution in [0, 0.1) is 11.8 Å². The van der Waals surface area contributed by atoms with E-state index in [0.29, 0.717) is 0 Å². The van der Waals surface area contributed by atoms with E-state index in [1.54, 1.807) is 11.1 Å². The van der Waals surface area contributed by atoms with Gasteiger partial charge in [0.2, 0.25) is 0 Å². The molecule has 1 atom stereocenters. The van der Waals surface area contributed by atoms with Crippen LogP contribution in [0.3, 0.4) is 0 Å². The second kappa shape index (κ2) is 4.81. The number of hydrogen-bond donors (Lipinski definition) is 1. The van der Waals surface area contributed by atoms with Gasteiger partial charge in [0, 0.05) is 6.04 Å². The van der Waals surface area contributed by atoms with Crippen LogP contribution in [-0.2, 0) is 12.8 Å². The van der Waals surface area contributed by atoms with Gasteiger partial charge in [0.1, 0.15) is 0 Å². The predicted molar refractivity (Wildman–Crippen MR) is 72.1 cm³/mol. The van der Waals surface area contributed by atoms with E-state index in [1.807, 2.05) is 0 Å². The fourth-order valence-corrected chi connectivity index (χ4v) is 4.02. The maximum atomic E-state index is 3.62. The first-order chi connectivity index (χ1) is 8.38. The normalized spacial score (nSPS) is 22.9. The largest absolute Gasteiger partial charge is 0.316 e. The van der Waals surface area contributed by atoms with E-state index in [0.717, 1.165) is 17.9 Å². The third-order valence-corrected chi connectivity index (χ3v) is 4.83. The molecule has 1 aromatic rings. The summed E-state index contributed by atoms with van der Waals surface area (Å²) in [5, 5.41) is 3.62. The molecule has 0 bridgehead atoms. The van der Waals surface area contributed by atoms with Crippen LogP contribution in [-0.4, -0.2) is 13.1 Å². The van der Waals surface area contributed by atoms with Gasteiger partial charge in [0.25, 0.3) is 0 Å². The molecule has 1 unspecified atom stereocenters. The van der Waals surface area contributed by atoms with E-state index in [1.165, 1.54) is 38.5 Å². The molecule has 2 aliphatic carbocycles. The van der Waals surface area contributed by atoms with Crippen molar-refractivity contribution in [2.75, 3.05) is 7.05 Å². The van der Waals surface area contributed by atoms with E-state index in [4.69, 9.17) is 0 Å². The zero-order chi connectivity index (χ0) is 11.7. The standard InChI is InChI=1S/C16H23N/c1-17-16(12-6-2-3-7-12)15-10-13-8-4-5-9-14(13)11-15/h4-5,8-9,12,15-17H,2-3,6-7,10-11H2,1H3. The summed E-state index contributed by atoms with van der Waals surface area (Å²) < 4.78 is 0. The maximum Gasteiger partial charge on any atom is 0.0127 e. The Bertz CT molecular complexity index is 354. The zero-order valence-electron chi connectivity index (χ0n) is 10.8. The van der Waals surface area contributed by atoms with E-state index >= 15 is 0 Å². The molecular weight excluding hydrogens is 206 g/mol. The van der Waals surface area contributed by atoms with Gasteiger partial charge in [-0.25, -0.2) is 0 Å². The molecule has 2 aliphatic rings. The highest BCUT2D eigenvalue weighted by molar-refractivity contribution is 5.32. The zero-order valence-corrected chi connectivity index (χ0v) is 10.8. The molecule has 0 spiro atoms. The molecule has 0 radical (unpaired) electrons. The average molecular weight is 229 g/mol. The molecule has 17 heavy (non-hydrogen) atoms. The Morgan fingerprint density at radius 2 is 1.59 bits per heavy atom. The minimum Gasteiger partial charge on any atom is -0.316 e. The van der Waals surface area contributed by atoms with Crippen molar-refractivity contribution in [3.8, 4) is 0 Å². The number of hydrogen-bond acceptors (Lipinski definition) is 1. The molecule has 0 amide bonds. The maximum absolute atomic E-state index is 3.62. The summed E-state index contributed by atoms with van der Waals surface area (Å²) >= 11 is 0. The van der Waals surface area contributed by atoms with Crippen LogP contribution >= 0.6 is 0 Å². The van der Waals surface area contributed by atoms with Gasteiger partial charge >= 0.3 is 0 Å². The van der Waals surface area contributed by atoms with Gasteiger partial charge in [-0.3, -0.25) is 0 Å². The highest BCUT2D eigenvalue weighted by atomic mass is 14.9. The summed E-state index contributed by atoms with van der Waals surface area (Å²) in [7, 11) is 2.16. The first-order valence-electron chi connectivity index (χ1n) is 7.12. The second-order valence-electron chi connectivity index (χ2n) is 5.80. The minimum atomic E-state index is 0.741. The highest BCUT2D eigenvalue weighted by Crippen LogP contribution is 2.36. The van der Waals surface area contributed by atoms with E-state index in [2.05, 4.69) is 36.6 Å². The van der Waals surface area contributed by atoms with Crippen molar-refractivity contribution in [1.82, 2.24) is 5.32 Å². The fourth-order valence-electron chi connectivity index (χ4n) is 4.02. The fraction of sp³-hybridized carbons (Fsp3) is 0.625. The SMILES string of the molecule is CNC(C1CCCC1)C1Cc2ccccc2C1. The molecule has 1 N–H and O–H groups in total. The average Bonchev–Trinajstić information content (AvgIpc) is 2.98. The molecular formula is C16H23N. The van der Waals surface area contributed by atoms with Gasteiger partial charge in [-0.15, -0.1) is 0 Å². The lowest BCUT2D eigenvalue weighted by molar-refractivity contribution is 0.278. The van der Waals surface area contributed by atoms with E-state index in [9.17, 15) is 0 Å². The van der Waals surface area contributed by atoms with Gasteiger partial charge in [-0.2, -0.15) is 0 Å². The molecule has 1 fully saturated rings. The molecule has 0 heterocycles. The van der Waals surface area contributed by atoms with Crippen molar-refractivity contribution >= 4 is 0 Å². The number of rotatable bonds is 3. The molecule has 0 saturated heterocycles. The van der Waals surface area contributed by atoms with Gasteiger partial charge in [0.05, 0.1) is 0 Å². The topological polar surface area (TPSA) is 12.0 Å². The second-order valence-corrected chi connectivity index (χ2v) is 5.80. The van der Waals surface area contributed by atoms with Crippen LogP contribution in [0.1, 0.15) is 36.8 Å². The molecule has 92 valence electrons. The van der Waals surface area contributed by atoms with Crippen molar-refractivity contribution in [3.63, 3.8) is 0 Å². The smallest absolute Gasteiger partial charge is 0.0127 e. The van der Waals surface area contributed by atoms with Crippen LogP contribution in [0.25, 0.3) is 0 Å². The Morgan fingerprint density at radius 3 is 2.12 bits per heavy atom. The third-order valence-electron chi connectivity index (χ3n) is 4.83. The van der Waals surface area contributed by atoms with Crippen molar-refractivity contribution in [2.45, 2.75) is 44.6 Å². The van der Waals surface area contributed by atoms with Gasteiger partial charge < -0.3 is 5.32 Å². The Morgan fingerprint density at radius 1 is 1.00 bits per heavy atom. The third kappa shape index (κ3) is 2.13. The first-order valence-corrected chi connectivity index (χ1v) is 7.12. The van der Waals surface area contributed by atoms with E-state index < -0.39 is 0 Å². The van der Waals surface area contributed by atoms with E-state index in [-0.39, 0.29) is 0 Å². The summed E-state index contributed by atoms with van der Waals surface area (Å²) in [5.74, 6) is 1.76. The summed E-state index contributed by atoms with van der Waals surface area (Å²) in [6.07, 6.45) is 8.36. The minimum absolute atomic E-state index is 0.741. The number of nitrogens with one attached hydrogen (secondary N) is 1. The van der Waals surface area contributed by atoms with Crippen LogP contribution in [0.5, 0.6) is 0 Å². The number of fused-ring (bicyclic) bond motifs is 1. The van der Waals surface area contributed by atoms with Gasteiger partial charge in [-0.05, 0) is 55.7 Å². The molecule has 1 saturated carbocycles. The molecule has 1 heteroatoms. The summed E-state index contributed by atoms with van der Waals surface area (Å²) in [6.45, 7) is 0. The number of benzene rings is 1. The lowest BCUT2D eigenvalue weighted by atomic mass is 9.85. The van der Waals surface area contributed by atoms with Crippen LogP contribution in [0.15, 0.2) is 24.3 Å². The molecule has 0 aliphatic heterocycles. The Balaban J connectivity index is 1.73. The first kappa shape index (κ1) is 11.3. The summed E-state index contributed by atoms with van der Waals surface area (Å²) in [4.78, 5) is 0. The van der Waals surface area contributed by atoms with Gasteiger partial charge in [0.15, 0.2) is 0 Å². The molecule has 0 aromatic heterocycles. The van der Waals surface area contributed by atoms with Gasteiger partial charge in [-0.1, -0.05) is 37.1 Å². The Hall–Kier alpha value is -0.820. The lowest BCUT2D eigenvalue weighted by Crippen LogP contribution is -2.39. The summed E-state index contributed by atoms with van der Waals surface area (Å²) in [5.41, 5.74) is 3.19.